The van der Waals surface area contributed by atoms with E-state index < -0.39 is 0 Å². The van der Waals surface area contributed by atoms with Gasteiger partial charge in [-0.25, -0.2) is 0 Å². The lowest BCUT2D eigenvalue weighted by atomic mass is 9.97. The Bertz CT molecular complexity index is 529. The molecule has 17 heavy (non-hydrogen) atoms. The van der Waals surface area contributed by atoms with Gasteiger partial charge in [0.25, 0.3) is 0 Å². The van der Waals surface area contributed by atoms with Gasteiger partial charge < -0.3 is 4.74 Å². The Balaban J connectivity index is 1.92. The summed E-state index contributed by atoms with van der Waals surface area (Å²) in [5, 5.41) is 0. The predicted octanol–water partition coefficient (Wildman–Crippen LogP) is 3.62. The van der Waals surface area contributed by atoms with Crippen molar-refractivity contribution in [1.29, 1.82) is 0 Å². The van der Waals surface area contributed by atoms with Crippen molar-refractivity contribution >= 4 is 0 Å². The van der Waals surface area contributed by atoms with Crippen LogP contribution in [0.25, 0.3) is 0 Å². The highest BCUT2D eigenvalue weighted by molar-refractivity contribution is 5.41. The molecular weight excluding hydrogens is 208 g/mol. The zero-order valence-corrected chi connectivity index (χ0v) is 10.1. The first kappa shape index (κ1) is 10.5. The summed E-state index contributed by atoms with van der Waals surface area (Å²) < 4.78 is 5.50. The molecule has 0 unspecified atom stereocenters. The largest absolute Gasteiger partial charge is 0.372 e. The van der Waals surface area contributed by atoms with E-state index in [1.807, 2.05) is 0 Å². The van der Waals surface area contributed by atoms with Gasteiger partial charge in [-0.15, -0.1) is 0 Å². The second kappa shape index (κ2) is 4.34. The summed E-state index contributed by atoms with van der Waals surface area (Å²) in [5.74, 6) is 0. The highest BCUT2D eigenvalue weighted by Crippen LogP contribution is 2.25. The van der Waals surface area contributed by atoms with Crippen molar-refractivity contribution in [2.75, 3.05) is 0 Å². The van der Waals surface area contributed by atoms with Gasteiger partial charge in [0.2, 0.25) is 0 Å². The molecule has 0 amide bonds. The van der Waals surface area contributed by atoms with E-state index in [2.05, 4.69) is 49.4 Å². The number of ether oxygens (including phenoxy) is 1. The Morgan fingerprint density at radius 1 is 1.00 bits per heavy atom. The Morgan fingerprint density at radius 2 is 1.82 bits per heavy atom. The van der Waals surface area contributed by atoms with Crippen LogP contribution in [0.3, 0.4) is 0 Å². The molecule has 2 aromatic carbocycles. The van der Waals surface area contributed by atoms with Crippen molar-refractivity contribution in [2.45, 2.75) is 26.6 Å². The second-order valence-corrected chi connectivity index (χ2v) is 4.71. The average molecular weight is 224 g/mol. The van der Waals surface area contributed by atoms with Crippen molar-refractivity contribution in [1.82, 2.24) is 0 Å². The lowest BCUT2D eigenvalue weighted by Gasteiger charge is -2.07. The lowest BCUT2D eigenvalue weighted by Crippen LogP contribution is -1.94. The van der Waals surface area contributed by atoms with Crippen LogP contribution in [0.2, 0.25) is 0 Å². The van der Waals surface area contributed by atoms with Crippen LogP contribution in [0.5, 0.6) is 0 Å². The molecule has 1 nitrogen and oxygen atoms in total. The van der Waals surface area contributed by atoms with Crippen LogP contribution in [-0.4, -0.2) is 0 Å². The lowest BCUT2D eigenvalue weighted by molar-refractivity contribution is 0.134. The molecule has 0 spiro atoms. The third-order valence-electron chi connectivity index (χ3n) is 3.38. The third kappa shape index (κ3) is 2.11. The van der Waals surface area contributed by atoms with Crippen molar-refractivity contribution in [2.24, 2.45) is 0 Å². The molecule has 0 bridgehead atoms. The summed E-state index contributed by atoms with van der Waals surface area (Å²) in [4.78, 5) is 0. The Labute approximate surface area is 102 Å². The maximum absolute atomic E-state index is 5.50. The first-order valence-electron chi connectivity index (χ1n) is 6.06. The Kier molecular flexibility index (Phi) is 2.69. The van der Waals surface area contributed by atoms with Crippen LogP contribution in [0.15, 0.2) is 42.5 Å². The Morgan fingerprint density at radius 3 is 2.65 bits per heavy atom. The number of rotatable bonds is 2. The normalized spacial score (nSPS) is 13.7. The molecule has 0 aliphatic carbocycles. The van der Waals surface area contributed by atoms with Gasteiger partial charge in [0.1, 0.15) is 0 Å². The summed E-state index contributed by atoms with van der Waals surface area (Å²) in [5.41, 5.74) is 6.88. The third-order valence-corrected chi connectivity index (χ3v) is 3.38. The molecule has 0 radical (unpaired) electrons. The minimum Gasteiger partial charge on any atom is -0.372 e. The van der Waals surface area contributed by atoms with Crippen LogP contribution < -0.4 is 0 Å². The van der Waals surface area contributed by atoms with Gasteiger partial charge >= 0.3 is 0 Å². The van der Waals surface area contributed by atoms with E-state index in [1.165, 1.54) is 27.8 Å². The van der Waals surface area contributed by atoms with E-state index in [0.717, 1.165) is 19.6 Å². The zero-order chi connectivity index (χ0) is 11.7. The van der Waals surface area contributed by atoms with Gasteiger partial charge in [-0.05, 0) is 41.2 Å². The molecule has 0 fully saturated rings. The van der Waals surface area contributed by atoms with E-state index in [9.17, 15) is 0 Å². The summed E-state index contributed by atoms with van der Waals surface area (Å²) >= 11 is 0. The van der Waals surface area contributed by atoms with Gasteiger partial charge in [0, 0.05) is 0 Å². The van der Waals surface area contributed by atoms with Crippen LogP contribution in [0.4, 0.5) is 0 Å². The highest BCUT2D eigenvalue weighted by Gasteiger charge is 2.14. The molecule has 1 heteroatoms. The number of benzene rings is 2. The van der Waals surface area contributed by atoms with Crippen LogP contribution in [0, 0.1) is 6.92 Å². The van der Waals surface area contributed by atoms with Crippen LogP contribution in [-0.2, 0) is 24.4 Å². The number of fused-ring (bicyclic) bond motifs is 1. The van der Waals surface area contributed by atoms with E-state index in [4.69, 9.17) is 4.74 Å². The molecule has 1 aliphatic heterocycles. The maximum Gasteiger partial charge on any atom is 0.0727 e. The molecule has 1 aliphatic rings. The van der Waals surface area contributed by atoms with E-state index in [0.29, 0.717) is 0 Å². The number of aryl methyl sites for hydroxylation is 1. The van der Waals surface area contributed by atoms with E-state index in [-0.39, 0.29) is 0 Å². The van der Waals surface area contributed by atoms with Crippen LogP contribution >= 0.6 is 0 Å². The Hall–Kier alpha value is -1.60. The van der Waals surface area contributed by atoms with Gasteiger partial charge in [0.15, 0.2) is 0 Å². The van der Waals surface area contributed by atoms with Gasteiger partial charge in [-0.3, -0.25) is 0 Å². The fraction of sp³-hybridized carbons (Fsp3) is 0.250. The number of hydrogen-bond acceptors (Lipinski definition) is 1. The average Bonchev–Trinajstić information content (AvgIpc) is 2.79. The molecule has 1 heterocycles. The summed E-state index contributed by atoms with van der Waals surface area (Å²) in [6, 6.07) is 15.2. The highest BCUT2D eigenvalue weighted by atomic mass is 16.5. The van der Waals surface area contributed by atoms with E-state index in [1.54, 1.807) is 0 Å². The fourth-order valence-electron chi connectivity index (χ4n) is 2.50. The summed E-state index contributed by atoms with van der Waals surface area (Å²) in [7, 11) is 0. The SMILES string of the molecule is Cc1cc(Cc2ccccc2)cc2c1COC2. The monoisotopic (exact) mass is 224 g/mol. The maximum atomic E-state index is 5.50. The van der Waals surface area contributed by atoms with Crippen molar-refractivity contribution in [3.8, 4) is 0 Å². The molecule has 0 atom stereocenters. The van der Waals surface area contributed by atoms with Gasteiger partial charge in [0.05, 0.1) is 13.2 Å². The van der Waals surface area contributed by atoms with Gasteiger partial charge in [-0.1, -0.05) is 42.5 Å². The molecular formula is C16H16O. The zero-order valence-electron chi connectivity index (χ0n) is 10.1. The molecule has 0 aromatic heterocycles. The quantitative estimate of drug-likeness (QED) is 0.757. The molecule has 0 saturated carbocycles. The molecule has 3 rings (SSSR count). The standard InChI is InChI=1S/C16H16O/c1-12-7-14(8-13-5-3-2-4-6-13)9-15-10-17-11-16(12)15/h2-7,9H,8,10-11H2,1H3. The van der Waals surface area contributed by atoms with Crippen molar-refractivity contribution in [3.05, 3.63) is 70.3 Å². The van der Waals surface area contributed by atoms with E-state index >= 15 is 0 Å². The predicted molar refractivity (Wildman–Crippen MR) is 68.9 cm³/mol. The van der Waals surface area contributed by atoms with Gasteiger partial charge in [-0.2, -0.15) is 0 Å². The number of hydrogen-bond donors (Lipinski definition) is 0. The second-order valence-electron chi connectivity index (χ2n) is 4.71. The first-order chi connectivity index (χ1) is 8.33. The minimum atomic E-state index is 0.777. The molecule has 86 valence electrons. The summed E-state index contributed by atoms with van der Waals surface area (Å²) in [6.45, 7) is 3.74. The van der Waals surface area contributed by atoms with Crippen molar-refractivity contribution < 1.29 is 4.74 Å². The molecule has 0 saturated heterocycles. The molecule has 2 aromatic rings. The van der Waals surface area contributed by atoms with Crippen LogP contribution in [0.1, 0.15) is 27.8 Å². The minimum absolute atomic E-state index is 0.777. The fourth-order valence-corrected chi connectivity index (χ4v) is 2.50. The smallest absolute Gasteiger partial charge is 0.0727 e. The summed E-state index contributed by atoms with van der Waals surface area (Å²) in [6.07, 6.45) is 1.01. The van der Waals surface area contributed by atoms with Crippen molar-refractivity contribution in [3.63, 3.8) is 0 Å². The topological polar surface area (TPSA) is 9.23 Å². The molecule has 0 N–H and O–H groups in total. The first-order valence-corrected chi connectivity index (χ1v) is 6.06.